The Balaban J connectivity index is 2.24. The van der Waals surface area contributed by atoms with Crippen molar-refractivity contribution in [3.05, 3.63) is 0 Å². The summed E-state index contributed by atoms with van der Waals surface area (Å²) in [5.74, 6) is 1.16. The third kappa shape index (κ3) is 7.96. The molecule has 1 amide bonds. The lowest BCUT2D eigenvalue weighted by molar-refractivity contribution is -0.122. The Morgan fingerprint density at radius 3 is 2.42 bits per heavy atom. The van der Waals surface area contributed by atoms with Crippen molar-refractivity contribution in [1.29, 1.82) is 0 Å². The topological polar surface area (TPSA) is 103 Å². The lowest BCUT2D eigenvalue weighted by atomic mass is 10.4. The number of aliphatic imine (C=N–C) groups is 1. The minimum atomic E-state index is -3.12. The lowest BCUT2D eigenvalue weighted by Gasteiger charge is -2.15. The second-order valence-corrected chi connectivity index (χ2v) is 8.19. The molecular weight excluding hydrogens is 330 g/mol. The van der Waals surface area contributed by atoms with E-state index in [0.717, 1.165) is 19.4 Å². The van der Waals surface area contributed by atoms with Crippen LogP contribution in [0.2, 0.25) is 0 Å². The molecule has 0 saturated heterocycles. The molecule has 0 atom stereocenters. The number of rotatable bonds is 11. The molecule has 0 unspecified atom stereocenters. The summed E-state index contributed by atoms with van der Waals surface area (Å²) in [6.07, 6.45) is 2.67. The summed E-state index contributed by atoms with van der Waals surface area (Å²) >= 11 is 0. The molecule has 1 rings (SSSR count). The van der Waals surface area contributed by atoms with Crippen LogP contribution in [0.1, 0.15) is 33.1 Å². The van der Waals surface area contributed by atoms with Gasteiger partial charge in [0.2, 0.25) is 15.9 Å². The van der Waals surface area contributed by atoms with Crippen LogP contribution in [0, 0.1) is 5.92 Å². The first-order chi connectivity index (χ1) is 11.4. The molecular formula is C15H31N5O3S. The van der Waals surface area contributed by atoms with Crippen LogP contribution in [0.15, 0.2) is 4.99 Å². The number of hydrogen-bond acceptors (Lipinski definition) is 4. The number of carbonyl (C=O) groups is 1. The van der Waals surface area contributed by atoms with Gasteiger partial charge >= 0.3 is 0 Å². The average Bonchev–Trinajstić information content (AvgIpc) is 3.39. The molecule has 3 N–H and O–H groups in total. The van der Waals surface area contributed by atoms with Crippen molar-refractivity contribution in [2.24, 2.45) is 10.9 Å². The molecule has 1 aliphatic rings. The first kappa shape index (κ1) is 20.7. The number of hydrogen-bond donors (Lipinski definition) is 3. The van der Waals surface area contributed by atoms with Gasteiger partial charge in [0.15, 0.2) is 5.96 Å². The SMILES string of the molecule is CCNC(=NCCCN(C)S(=O)(=O)CC)NCCNC(=O)C1CC1. The molecule has 1 fully saturated rings. The highest BCUT2D eigenvalue weighted by atomic mass is 32.2. The molecule has 0 radical (unpaired) electrons. The summed E-state index contributed by atoms with van der Waals surface area (Å²) in [6, 6.07) is 0. The zero-order chi connectivity index (χ0) is 18.0. The smallest absolute Gasteiger partial charge is 0.223 e. The summed E-state index contributed by atoms with van der Waals surface area (Å²) < 4.78 is 24.7. The lowest BCUT2D eigenvalue weighted by Crippen LogP contribution is -2.42. The van der Waals surface area contributed by atoms with Gasteiger partial charge in [0, 0.05) is 45.7 Å². The van der Waals surface area contributed by atoms with E-state index >= 15 is 0 Å². The van der Waals surface area contributed by atoms with Gasteiger partial charge in [-0.15, -0.1) is 0 Å². The number of amides is 1. The number of nitrogens with one attached hydrogen (secondary N) is 3. The fourth-order valence-corrected chi connectivity index (χ4v) is 2.89. The normalized spacial score (nSPS) is 15.4. The van der Waals surface area contributed by atoms with Gasteiger partial charge in [0.25, 0.3) is 0 Å². The van der Waals surface area contributed by atoms with Gasteiger partial charge in [0.05, 0.1) is 5.75 Å². The molecule has 1 aliphatic carbocycles. The minimum Gasteiger partial charge on any atom is -0.357 e. The van der Waals surface area contributed by atoms with E-state index in [4.69, 9.17) is 0 Å². The maximum atomic E-state index is 11.6. The van der Waals surface area contributed by atoms with Crippen LogP contribution in [-0.2, 0) is 14.8 Å². The van der Waals surface area contributed by atoms with Crippen molar-refractivity contribution < 1.29 is 13.2 Å². The molecule has 0 heterocycles. The van der Waals surface area contributed by atoms with Crippen molar-refractivity contribution >= 4 is 21.9 Å². The molecule has 0 aliphatic heterocycles. The third-order valence-electron chi connectivity index (χ3n) is 3.75. The van der Waals surface area contributed by atoms with Crippen molar-refractivity contribution in [3.63, 3.8) is 0 Å². The molecule has 0 aromatic carbocycles. The van der Waals surface area contributed by atoms with Crippen LogP contribution in [0.4, 0.5) is 0 Å². The third-order valence-corrected chi connectivity index (χ3v) is 5.61. The standard InChI is InChI=1S/C15H31N5O3S/c1-4-16-15(19-11-10-17-14(21)13-7-8-13)18-9-6-12-20(3)24(22,23)5-2/h13H,4-12H2,1-3H3,(H,17,21)(H2,16,18,19). The van der Waals surface area contributed by atoms with Crippen LogP contribution < -0.4 is 16.0 Å². The molecule has 24 heavy (non-hydrogen) atoms. The quantitative estimate of drug-likeness (QED) is 0.267. The van der Waals surface area contributed by atoms with Gasteiger partial charge in [-0.05, 0) is 33.1 Å². The molecule has 140 valence electrons. The van der Waals surface area contributed by atoms with Gasteiger partial charge in [-0.1, -0.05) is 0 Å². The Hall–Kier alpha value is -1.35. The van der Waals surface area contributed by atoms with E-state index in [1.165, 1.54) is 4.31 Å². The Kier molecular flexibility index (Phi) is 9.05. The number of carbonyl (C=O) groups excluding carboxylic acids is 1. The predicted octanol–water partition coefficient (Wildman–Crippen LogP) is -0.261. The van der Waals surface area contributed by atoms with E-state index < -0.39 is 10.0 Å². The molecule has 0 aromatic rings. The van der Waals surface area contributed by atoms with Crippen LogP contribution in [0.25, 0.3) is 0 Å². The molecule has 0 spiro atoms. The van der Waals surface area contributed by atoms with Crippen molar-refractivity contribution in [1.82, 2.24) is 20.3 Å². The fourth-order valence-electron chi connectivity index (χ4n) is 2.04. The number of sulfonamides is 1. The second-order valence-electron chi connectivity index (χ2n) is 5.83. The maximum Gasteiger partial charge on any atom is 0.223 e. The van der Waals surface area contributed by atoms with E-state index in [0.29, 0.717) is 38.6 Å². The zero-order valence-corrected chi connectivity index (χ0v) is 15.8. The van der Waals surface area contributed by atoms with Crippen LogP contribution in [-0.4, -0.2) is 70.1 Å². The van der Waals surface area contributed by atoms with Gasteiger partial charge in [-0.2, -0.15) is 0 Å². The molecule has 9 heteroatoms. The summed E-state index contributed by atoms with van der Waals surface area (Å²) in [5.41, 5.74) is 0. The highest BCUT2D eigenvalue weighted by molar-refractivity contribution is 7.89. The highest BCUT2D eigenvalue weighted by Gasteiger charge is 2.28. The maximum absolute atomic E-state index is 11.6. The fraction of sp³-hybridized carbons (Fsp3) is 0.867. The minimum absolute atomic E-state index is 0.115. The van der Waals surface area contributed by atoms with Crippen molar-refractivity contribution in [2.45, 2.75) is 33.1 Å². The molecule has 0 bridgehead atoms. The van der Waals surface area contributed by atoms with Gasteiger partial charge in [0.1, 0.15) is 0 Å². The molecule has 0 aromatic heterocycles. The van der Waals surface area contributed by atoms with Gasteiger partial charge < -0.3 is 16.0 Å². The van der Waals surface area contributed by atoms with Gasteiger partial charge in [-0.25, -0.2) is 12.7 Å². The van der Waals surface area contributed by atoms with E-state index in [2.05, 4.69) is 20.9 Å². The van der Waals surface area contributed by atoms with Crippen molar-refractivity contribution in [3.8, 4) is 0 Å². The highest BCUT2D eigenvalue weighted by Crippen LogP contribution is 2.28. The van der Waals surface area contributed by atoms with Gasteiger partial charge in [-0.3, -0.25) is 9.79 Å². The van der Waals surface area contributed by atoms with E-state index in [9.17, 15) is 13.2 Å². The van der Waals surface area contributed by atoms with Crippen LogP contribution in [0.5, 0.6) is 0 Å². The van der Waals surface area contributed by atoms with E-state index in [-0.39, 0.29) is 17.6 Å². The molecule has 8 nitrogen and oxygen atoms in total. The zero-order valence-electron chi connectivity index (χ0n) is 15.0. The molecule has 1 saturated carbocycles. The van der Waals surface area contributed by atoms with Crippen LogP contribution in [0.3, 0.4) is 0 Å². The summed E-state index contributed by atoms with van der Waals surface area (Å²) in [6.45, 7) is 6.52. The van der Waals surface area contributed by atoms with Crippen molar-refractivity contribution in [2.75, 3.05) is 45.5 Å². The Labute approximate surface area is 145 Å². The largest absolute Gasteiger partial charge is 0.357 e. The summed E-state index contributed by atoms with van der Waals surface area (Å²) in [7, 11) is -1.53. The van der Waals surface area contributed by atoms with Crippen LogP contribution >= 0.6 is 0 Å². The average molecular weight is 362 g/mol. The Morgan fingerprint density at radius 2 is 1.83 bits per heavy atom. The van der Waals surface area contributed by atoms with E-state index in [1.807, 2.05) is 6.92 Å². The monoisotopic (exact) mass is 361 g/mol. The second kappa shape index (κ2) is 10.5. The predicted molar refractivity (Wildman–Crippen MR) is 96.4 cm³/mol. The Bertz CT molecular complexity index is 517. The first-order valence-electron chi connectivity index (χ1n) is 8.64. The Morgan fingerprint density at radius 1 is 1.17 bits per heavy atom. The number of guanidine groups is 1. The number of nitrogens with zero attached hydrogens (tertiary/aromatic N) is 2. The van der Waals surface area contributed by atoms with E-state index in [1.54, 1.807) is 14.0 Å². The summed E-state index contributed by atoms with van der Waals surface area (Å²) in [4.78, 5) is 15.9. The summed E-state index contributed by atoms with van der Waals surface area (Å²) in [5, 5.41) is 9.18. The first-order valence-corrected chi connectivity index (χ1v) is 10.3.